The molecule has 3 nitrogen and oxygen atoms in total. The Morgan fingerprint density at radius 1 is 0.329 bits per heavy atom. The summed E-state index contributed by atoms with van der Waals surface area (Å²) in [5.41, 5.74) is 29.9. The Hall–Kier alpha value is -9.12. The van der Waals surface area contributed by atoms with Crippen LogP contribution in [0.15, 0.2) is 243 Å². The molecule has 0 unspecified atom stereocenters. The zero-order chi connectivity index (χ0) is 58.3. The summed E-state index contributed by atoms with van der Waals surface area (Å²) in [6.45, 7) is 23.3. The highest BCUT2D eigenvalue weighted by molar-refractivity contribution is 7.00. The van der Waals surface area contributed by atoms with E-state index in [-0.39, 0.29) is 28.4 Å². The van der Waals surface area contributed by atoms with Crippen molar-refractivity contribution in [1.82, 2.24) is 4.57 Å². The van der Waals surface area contributed by atoms with Crippen LogP contribution in [0.3, 0.4) is 0 Å². The molecule has 0 saturated carbocycles. The second-order valence-electron chi connectivity index (χ2n) is 27.7. The topological polar surface area (TPSA) is 11.4 Å². The molecule has 0 bridgehead atoms. The third kappa shape index (κ3) is 8.70. The van der Waals surface area contributed by atoms with E-state index in [2.05, 4.69) is 326 Å². The van der Waals surface area contributed by atoms with Crippen molar-refractivity contribution in [2.24, 2.45) is 0 Å². The molecular weight excluding hydrogens is 1030 g/mol. The van der Waals surface area contributed by atoms with E-state index in [9.17, 15) is 0 Å². The van der Waals surface area contributed by atoms with E-state index >= 15 is 0 Å². The maximum Gasteiger partial charge on any atom is 0.252 e. The zero-order valence-electron chi connectivity index (χ0n) is 50.7. The van der Waals surface area contributed by atoms with E-state index in [0.717, 1.165) is 29.2 Å². The van der Waals surface area contributed by atoms with Crippen LogP contribution in [-0.2, 0) is 21.7 Å². The molecule has 12 aromatic rings. The Kier molecular flexibility index (Phi) is 11.9. The maximum atomic E-state index is 2.59. The number of nitrogens with zero attached hydrogens (tertiary/aromatic N) is 3. The van der Waals surface area contributed by atoms with Gasteiger partial charge in [-0.15, -0.1) is 0 Å². The van der Waals surface area contributed by atoms with Crippen LogP contribution in [0.4, 0.5) is 34.1 Å². The van der Waals surface area contributed by atoms with Crippen molar-refractivity contribution >= 4 is 79.0 Å². The van der Waals surface area contributed by atoms with Crippen molar-refractivity contribution < 1.29 is 0 Å². The summed E-state index contributed by atoms with van der Waals surface area (Å²) in [7, 11) is 0. The minimum absolute atomic E-state index is 0.0426. The largest absolute Gasteiger partial charge is 0.311 e. The van der Waals surface area contributed by atoms with E-state index < -0.39 is 0 Å². The molecule has 3 heterocycles. The van der Waals surface area contributed by atoms with Crippen LogP contribution in [0.2, 0.25) is 0 Å². The average molecular weight is 1100 g/mol. The quantitative estimate of drug-likeness (QED) is 0.147. The maximum absolute atomic E-state index is 2.59. The highest BCUT2D eigenvalue weighted by Gasteiger charge is 2.45. The number of benzene rings is 11. The van der Waals surface area contributed by atoms with E-state index in [0.29, 0.717) is 0 Å². The van der Waals surface area contributed by atoms with E-state index in [1.54, 1.807) is 0 Å². The van der Waals surface area contributed by atoms with Crippen LogP contribution in [-0.4, -0.2) is 11.3 Å². The van der Waals surface area contributed by atoms with Crippen molar-refractivity contribution in [2.45, 2.75) is 97.3 Å². The summed E-state index contributed by atoms with van der Waals surface area (Å²) < 4.78 is 2.50. The van der Waals surface area contributed by atoms with Gasteiger partial charge in [0.1, 0.15) is 0 Å². The fourth-order valence-electron chi connectivity index (χ4n) is 15.0. The molecule has 15 rings (SSSR count). The molecule has 414 valence electrons. The average Bonchev–Trinajstić information content (AvgIpc) is 1.11. The lowest BCUT2D eigenvalue weighted by molar-refractivity contribution is 0.403. The molecular formula is C81H72BN3. The van der Waals surface area contributed by atoms with Gasteiger partial charge in [0.05, 0.1) is 16.7 Å². The fourth-order valence-corrected chi connectivity index (χ4v) is 15.0. The van der Waals surface area contributed by atoms with Crippen molar-refractivity contribution in [3.8, 4) is 50.2 Å². The SMILES string of the molecule is CC(C)(C)c1ccc(-c2ccc3c(c2)B2c4cc(-c5ccc(C(C)(C)C)cc5)ccc4N(c4ccc(-c5ccc6c(c5)C(C)(C)CC6(C)C)cc4)c4cc(-n5c6ccccc6c6ccccc65)cc(c42)N3c2ccc(-c3ccccc3)cc2)cc1. The van der Waals surface area contributed by atoms with Gasteiger partial charge in [-0.2, -0.15) is 0 Å². The van der Waals surface area contributed by atoms with E-state index in [4.69, 9.17) is 0 Å². The highest BCUT2D eigenvalue weighted by atomic mass is 15.2. The predicted molar refractivity (Wildman–Crippen MR) is 365 cm³/mol. The number of rotatable bonds is 7. The number of fused-ring (bicyclic) bond motifs is 8. The molecule has 85 heavy (non-hydrogen) atoms. The van der Waals surface area contributed by atoms with Crippen LogP contribution in [0.1, 0.15) is 97.9 Å². The monoisotopic (exact) mass is 1100 g/mol. The molecule has 11 aromatic carbocycles. The smallest absolute Gasteiger partial charge is 0.252 e. The molecule has 0 amide bonds. The molecule has 0 atom stereocenters. The summed E-state index contributed by atoms with van der Waals surface area (Å²) in [4.78, 5) is 5.16. The summed E-state index contributed by atoms with van der Waals surface area (Å²) in [5, 5.41) is 2.48. The van der Waals surface area contributed by atoms with Gasteiger partial charge in [-0.3, -0.25) is 0 Å². The van der Waals surface area contributed by atoms with Crippen molar-refractivity contribution in [2.75, 3.05) is 9.80 Å². The van der Waals surface area contributed by atoms with Gasteiger partial charge in [0, 0.05) is 44.9 Å². The molecule has 4 heteroatoms. The third-order valence-electron chi connectivity index (χ3n) is 19.1. The van der Waals surface area contributed by atoms with Gasteiger partial charge in [0.15, 0.2) is 0 Å². The van der Waals surface area contributed by atoms with Crippen molar-refractivity contribution in [1.29, 1.82) is 0 Å². The van der Waals surface area contributed by atoms with Crippen LogP contribution < -0.4 is 26.2 Å². The number of anilines is 6. The predicted octanol–water partition coefficient (Wildman–Crippen LogP) is 20.1. The summed E-state index contributed by atoms with van der Waals surface area (Å²) >= 11 is 0. The Morgan fingerprint density at radius 3 is 1.18 bits per heavy atom. The molecule has 1 aliphatic carbocycles. The van der Waals surface area contributed by atoms with Gasteiger partial charge in [0.25, 0.3) is 6.71 Å². The molecule has 0 fully saturated rings. The Balaban J connectivity index is 1.01. The lowest BCUT2D eigenvalue weighted by Crippen LogP contribution is -2.61. The first-order chi connectivity index (χ1) is 40.9. The first-order valence-corrected chi connectivity index (χ1v) is 30.6. The molecule has 0 saturated heterocycles. The lowest BCUT2D eigenvalue weighted by Gasteiger charge is -2.44. The standard InChI is InChI=1S/C81H72BN3/c1-78(2,3)60-35-24-54(25-36-60)58-33-44-73-69(47-58)82-70-48-59(55-26-37-61(38-27-55)79(4,5)6)34-45-74(70)84(63-41-30-56(31-42-63)57-32-43-67-68(46-57)81(9,10)51-80(67,7)8)76-50-64(85-71-22-16-14-20-65(71)66-21-15-17-23-72(66)85)49-75(77(76)82)83(73)62-39-28-53(29-40-62)52-18-12-11-13-19-52/h11-50H,51H2,1-10H3. The zero-order valence-corrected chi connectivity index (χ0v) is 50.7. The number of aromatic nitrogens is 1. The van der Waals surface area contributed by atoms with Gasteiger partial charge in [0.2, 0.25) is 0 Å². The molecule has 3 aliphatic rings. The summed E-state index contributed by atoms with van der Waals surface area (Å²) in [6.07, 6.45) is 1.14. The Labute approximate surface area is 503 Å². The third-order valence-corrected chi connectivity index (χ3v) is 19.1. The summed E-state index contributed by atoms with van der Waals surface area (Å²) in [5.74, 6) is 0. The van der Waals surface area contributed by atoms with Crippen LogP contribution in [0.25, 0.3) is 72.0 Å². The second-order valence-corrected chi connectivity index (χ2v) is 27.7. The Morgan fingerprint density at radius 2 is 0.706 bits per heavy atom. The molecule has 0 radical (unpaired) electrons. The van der Waals surface area contributed by atoms with E-state index in [1.165, 1.54) is 122 Å². The first kappa shape index (κ1) is 52.7. The van der Waals surface area contributed by atoms with E-state index in [1.807, 2.05) is 0 Å². The van der Waals surface area contributed by atoms with Crippen LogP contribution >= 0.6 is 0 Å². The highest BCUT2D eigenvalue weighted by Crippen LogP contribution is 2.52. The molecule has 0 spiro atoms. The summed E-state index contributed by atoms with van der Waals surface area (Å²) in [6, 6.07) is 92.7. The lowest BCUT2D eigenvalue weighted by atomic mass is 9.33. The van der Waals surface area contributed by atoms with Gasteiger partial charge in [-0.25, -0.2) is 0 Å². The van der Waals surface area contributed by atoms with Gasteiger partial charge >= 0.3 is 0 Å². The fraction of sp³-hybridized carbons (Fsp3) is 0.185. The minimum Gasteiger partial charge on any atom is -0.311 e. The molecule has 1 aromatic heterocycles. The van der Waals surface area contributed by atoms with Gasteiger partial charge in [-0.1, -0.05) is 251 Å². The van der Waals surface area contributed by atoms with Crippen molar-refractivity contribution in [3.05, 3.63) is 265 Å². The number of para-hydroxylation sites is 2. The number of hydrogen-bond donors (Lipinski definition) is 0. The molecule has 0 N–H and O–H groups in total. The minimum atomic E-state index is -0.126. The van der Waals surface area contributed by atoms with Gasteiger partial charge in [-0.05, 0) is 172 Å². The molecule has 2 aliphatic heterocycles. The van der Waals surface area contributed by atoms with Crippen LogP contribution in [0, 0.1) is 0 Å². The Bertz CT molecular complexity index is 4550. The second kappa shape index (κ2) is 19.2. The first-order valence-electron chi connectivity index (χ1n) is 30.6. The normalized spacial score (nSPS) is 14.8. The van der Waals surface area contributed by atoms with Crippen LogP contribution in [0.5, 0.6) is 0 Å². The number of hydrogen-bond acceptors (Lipinski definition) is 2. The van der Waals surface area contributed by atoms with Crippen molar-refractivity contribution in [3.63, 3.8) is 0 Å². The van der Waals surface area contributed by atoms with Gasteiger partial charge < -0.3 is 14.4 Å².